The molecule has 1 fully saturated rings. The number of aryl methyl sites for hydroxylation is 3. The van der Waals surface area contributed by atoms with E-state index in [1.54, 1.807) is 19.1 Å². The van der Waals surface area contributed by atoms with Crippen molar-refractivity contribution in [2.45, 2.75) is 51.9 Å². The van der Waals surface area contributed by atoms with Crippen molar-refractivity contribution in [3.8, 4) is 0 Å². The number of hydrogen-bond acceptors (Lipinski definition) is 4. The second-order valence-corrected chi connectivity index (χ2v) is 7.47. The molecule has 0 atom stereocenters. The van der Waals surface area contributed by atoms with E-state index in [4.69, 9.17) is 4.42 Å². The molecule has 140 valence electrons. The van der Waals surface area contributed by atoms with Gasteiger partial charge in [-0.15, -0.1) is 0 Å². The fraction of sp³-hybridized carbons (Fsp3) is 0.381. The fourth-order valence-corrected chi connectivity index (χ4v) is 3.74. The molecule has 6 heteroatoms. The van der Waals surface area contributed by atoms with Gasteiger partial charge in [0, 0.05) is 12.3 Å². The van der Waals surface area contributed by atoms with E-state index >= 15 is 0 Å². The van der Waals surface area contributed by atoms with Crippen LogP contribution in [0.25, 0.3) is 0 Å². The number of rotatable bonds is 3. The Hall–Kier alpha value is -2.89. The van der Waals surface area contributed by atoms with E-state index in [1.807, 2.05) is 13.0 Å². The zero-order valence-corrected chi connectivity index (χ0v) is 15.5. The lowest BCUT2D eigenvalue weighted by Gasteiger charge is -2.24. The summed E-state index contributed by atoms with van der Waals surface area (Å²) in [7, 11) is 0. The molecule has 2 amide bonds. The quantitative estimate of drug-likeness (QED) is 0.868. The van der Waals surface area contributed by atoms with Gasteiger partial charge in [0.1, 0.15) is 11.3 Å². The molecule has 2 N–H and O–H groups in total. The first-order valence-electron chi connectivity index (χ1n) is 9.31. The highest BCUT2D eigenvalue weighted by Gasteiger charge is 2.26. The molecule has 1 saturated carbocycles. The average molecular weight is 366 g/mol. The number of carbonyl (C=O) groups is 2. The Morgan fingerprint density at radius 1 is 1.15 bits per heavy atom. The van der Waals surface area contributed by atoms with Crippen molar-refractivity contribution in [1.82, 2.24) is 0 Å². The van der Waals surface area contributed by atoms with Crippen molar-refractivity contribution >= 4 is 23.2 Å². The van der Waals surface area contributed by atoms with Crippen LogP contribution < -0.4 is 16.3 Å². The van der Waals surface area contributed by atoms with Gasteiger partial charge in [-0.05, 0) is 61.9 Å². The van der Waals surface area contributed by atoms with Gasteiger partial charge in [0.15, 0.2) is 0 Å². The molecular weight excluding hydrogens is 344 g/mol. The minimum atomic E-state index is -0.611. The minimum absolute atomic E-state index is 0.00969. The summed E-state index contributed by atoms with van der Waals surface area (Å²) < 4.78 is 5.42. The number of carbonyl (C=O) groups excluding carboxylic acids is 2. The summed E-state index contributed by atoms with van der Waals surface area (Å²) in [6, 6.07) is 5.59. The van der Waals surface area contributed by atoms with Crippen LogP contribution in [0.3, 0.4) is 0 Å². The van der Waals surface area contributed by atoms with Gasteiger partial charge < -0.3 is 15.1 Å². The first-order chi connectivity index (χ1) is 12.9. The fourth-order valence-electron chi connectivity index (χ4n) is 3.74. The largest absolute Gasteiger partial charge is 0.427 e. The molecule has 1 aliphatic carbocycles. The van der Waals surface area contributed by atoms with Gasteiger partial charge in [-0.1, -0.05) is 12.5 Å². The minimum Gasteiger partial charge on any atom is -0.427 e. The molecule has 1 aliphatic heterocycles. The normalized spacial score (nSPS) is 16.3. The molecule has 1 aromatic carbocycles. The van der Waals surface area contributed by atoms with Gasteiger partial charge >= 0.3 is 5.63 Å². The molecule has 0 bridgehead atoms. The lowest BCUT2D eigenvalue weighted by Crippen LogP contribution is -2.26. The summed E-state index contributed by atoms with van der Waals surface area (Å²) in [5, 5.41) is 5.62. The Kier molecular flexibility index (Phi) is 4.34. The second kappa shape index (κ2) is 6.68. The zero-order chi connectivity index (χ0) is 19.1. The number of nitrogens with one attached hydrogen (secondary N) is 2. The first kappa shape index (κ1) is 17.5. The van der Waals surface area contributed by atoms with Crippen LogP contribution in [0.2, 0.25) is 0 Å². The van der Waals surface area contributed by atoms with Crippen molar-refractivity contribution in [2.75, 3.05) is 10.6 Å². The van der Waals surface area contributed by atoms with E-state index in [2.05, 4.69) is 10.6 Å². The summed E-state index contributed by atoms with van der Waals surface area (Å²) in [6.45, 7) is 3.68. The monoisotopic (exact) mass is 366 g/mol. The van der Waals surface area contributed by atoms with E-state index in [1.165, 1.54) is 0 Å². The van der Waals surface area contributed by atoms with Gasteiger partial charge in [-0.2, -0.15) is 0 Å². The van der Waals surface area contributed by atoms with E-state index in [-0.39, 0.29) is 17.4 Å². The Morgan fingerprint density at radius 2 is 1.93 bits per heavy atom. The van der Waals surface area contributed by atoms with E-state index in [0.29, 0.717) is 35.5 Å². The second-order valence-electron chi connectivity index (χ2n) is 7.47. The maximum absolute atomic E-state index is 12.8. The molecule has 0 spiro atoms. The lowest BCUT2D eigenvalue weighted by atomic mass is 9.83. The van der Waals surface area contributed by atoms with Crippen LogP contribution in [0.4, 0.5) is 11.4 Å². The van der Waals surface area contributed by atoms with Gasteiger partial charge in [0.05, 0.1) is 11.4 Å². The summed E-state index contributed by atoms with van der Waals surface area (Å²) in [6.07, 6.45) is 4.23. The molecular formula is C21H22N2O4. The highest BCUT2D eigenvalue weighted by Crippen LogP contribution is 2.36. The van der Waals surface area contributed by atoms with Crippen LogP contribution in [0.15, 0.2) is 27.4 Å². The van der Waals surface area contributed by atoms with Crippen LogP contribution in [0, 0.1) is 13.8 Å². The molecule has 0 saturated heterocycles. The van der Waals surface area contributed by atoms with E-state index in [0.717, 1.165) is 30.4 Å². The molecule has 0 unspecified atom stereocenters. The Bertz CT molecular complexity index is 1000. The van der Waals surface area contributed by atoms with Crippen molar-refractivity contribution < 1.29 is 14.0 Å². The molecule has 2 heterocycles. The number of fused-ring (bicyclic) bond motifs is 1. The third-order valence-corrected chi connectivity index (χ3v) is 5.40. The molecule has 2 aromatic rings. The van der Waals surface area contributed by atoms with Crippen LogP contribution in [0.5, 0.6) is 0 Å². The zero-order valence-electron chi connectivity index (χ0n) is 15.5. The van der Waals surface area contributed by atoms with Gasteiger partial charge in [0.25, 0.3) is 5.91 Å². The maximum Gasteiger partial charge on any atom is 0.349 e. The van der Waals surface area contributed by atoms with E-state index in [9.17, 15) is 14.4 Å². The standard InChI is InChI=1S/C21H22N2O4/c1-11-8-14-6-7-17(24)23-19(14)15(9-11)22-20(25)18-12(2)10-16(27-21(18)26)13-4-3-5-13/h8-10,13H,3-7H2,1-2H3,(H,22,25)(H,23,24). The highest BCUT2D eigenvalue weighted by molar-refractivity contribution is 6.08. The van der Waals surface area contributed by atoms with Gasteiger partial charge in [-0.3, -0.25) is 9.59 Å². The predicted octanol–water partition coefficient (Wildman–Crippen LogP) is 3.66. The lowest BCUT2D eigenvalue weighted by molar-refractivity contribution is -0.116. The summed E-state index contributed by atoms with van der Waals surface area (Å²) in [4.78, 5) is 37.0. The van der Waals surface area contributed by atoms with E-state index < -0.39 is 11.5 Å². The van der Waals surface area contributed by atoms with Crippen molar-refractivity contribution in [3.63, 3.8) is 0 Å². The third kappa shape index (κ3) is 3.27. The maximum atomic E-state index is 12.8. The highest BCUT2D eigenvalue weighted by atomic mass is 16.4. The van der Waals surface area contributed by atoms with Crippen molar-refractivity contribution in [3.05, 3.63) is 56.6 Å². The number of hydrogen-bond donors (Lipinski definition) is 2. The van der Waals surface area contributed by atoms with Gasteiger partial charge in [-0.25, -0.2) is 4.79 Å². The van der Waals surface area contributed by atoms with Crippen LogP contribution in [-0.2, 0) is 11.2 Å². The molecule has 4 rings (SSSR count). The number of benzene rings is 1. The number of anilines is 2. The predicted molar refractivity (Wildman–Crippen MR) is 102 cm³/mol. The molecule has 6 nitrogen and oxygen atoms in total. The van der Waals surface area contributed by atoms with Crippen molar-refractivity contribution in [2.24, 2.45) is 0 Å². The molecule has 0 radical (unpaired) electrons. The summed E-state index contributed by atoms with van der Waals surface area (Å²) in [5.74, 6) is 0.351. The van der Waals surface area contributed by atoms with Crippen LogP contribution in [-0.4, -0.2) is 11.8 Å². The smallest absolute Gasteiger partial charge is 0.349 e. The van der Waals surface area contributed by atoms with Crippen LogP contribution in [0.1, 0.15) is 64.4 Å². The Morgan fingerprint density at radius 3 is 2.59 bits per heavy atom. The molecule has 27 heavy (non-hydrogen) atoms. The first-order valence-corrected chi connectivity index (χ1v) is 9.31. The molecule has 2 aliphatic rings. The van der Waals surface area contributed by atoms with Crippen molar-refractivity contribution in [1.29, 1.82) is 0 Å². The average Bonchev–Trinajstić information content (AvgIpc) is 2.53. The third-order valence-electron chi connectivity index (χ3n) is 5.40. The SMILES string of the molecule is Cc1cc2c(c(NC(=O)c3c(C)cc(C4CCC4)oc3=O)c1)NC(=O)CC2. The number of amides is 2. The Balaban J connectivity index is 1.66. The topological polar surface area (TPSA) is 88.4 Å². The van der Waals surface area contributed by atoms with Gasteiger partial charge in [0.2, 0.25) is 5.91 Å². The summed E-state index contributed by atoms with van der Waals surface area (Å²) >= 11 is 0. The summed E-state index contributed by atoms with van der Waals surface area (Å²) in [5.41, 5.74) is 3.08. The van der Waals surface area contributed by atoms with Crippen LogP contribution >= 0.6 is 0 Å². The molecule has 1 aromatic heterocycles. The Labute approximate surface area is 157 Å².